The lowest BCUT2D eigenvalue weighted by molar-refractivity contribution is 0.246. The lowest BCUT2D eigenvalue weighted by Crippen LogP contribution is -2.53. The molecule has 0 aliphatic carbocycles. The monoisotopic (exact) mass is 356 g/mol. The van der Waals surface area contributed by atoms with Gasteiger partial charge in [0.1, 0.15) is 16.7 Å². The molecule has 0 saturated carbocycles. The number of aliphatic hydroxyl groups excluding tert-OH is 1. The fraction of sp³-hybridized carbons (Fsp3) is 0.333. The molecule has 1 aliphatic heterocycles. The Hall–Kier alpha value is -2.03. The Kier molecular flexibility index (Phi) is 4.79. The third-order valence-electron chi connectivity index (χ3n) is 3.86. The number of rotatable bonds is 3. The normalized spacial score (nSPS) is 18.0. The van der Waals surface area contributed by atoms with Crippen LogP contribution < -0.4 is 15.8 Å². The van der Waals surface area contributed by atoms with Crippen LogP contribution in [-0.4, -0.2) is 47.2 Å². The Labute approximate surface area is 141 Å². The van der Waals surface area contributed by atoms with Gasteiger partial charge in [0.2, 0.25) is 0 Å². The maximum absolute atomic E-state index is 13.4. The van der Waals surface area contributed by atoms with Gasteiger partial charge in [-0.1, -0.05) is 11.6 Å². The molecule has 1 unspecified atom stereocenters. The molecule has 1 aromatic carbocycles. The second-order valence-corrected chi connectivity index (χ2v) is 5.80. The van der Waals surface area contributed by atoms with E-state index in [0.717, 1.165) is 16.8 Å². The number of nitrogens with zero attached hydrogens (tertiary/aromatic N) is 3. The van der Waals surface area contributed by atoms with Crippen LogP contribution in [0, 0.1) is 11.6 Å². The standard InChI is InChI=1S/C15H15ClF2N4O2/c16-14-13(21-2-1-19-6-12(21)8-23)7-20-22(15(14)24)11-4-9(17)3-10(18)5-11/h3-5,7,12,19,23H,1-2,6,8H2. The van der Waals surface area contributed by atoms with Gasteiger partial charge in [-0.25, -0.2) is 8.78 Å². The van der Waals surface area contributed by atoms with Crippen molar-refractivity contribution in [2.45, 2.75) is 6.04 Å². The summed E-state index contributed by atoms with van der Waals surface area (Å²) in [5.74, 6) is -1.64. The Morgan fingerprint density at radius 3 is 2.71 bits per heavy atom. The predicted molar refractivity (Wildman–Crippen MR) is 85.8 cm³/mol. The zero-order chi connectivity index (χ0) is 17.3. The molecule has 2 aromatic rings. The Balaban J connectivity index is 2.04. The lowest BCUT2D eigenvalue weighted by Gasteiger charge is -2.37. The summed E-state index contributed by atoms with van der Waals surface area (Å²) in [5.41, 5.74) is -0.352. The SMILES string of the molecule is O=c1c(Cl)c(N2CCNCC2CO)cnn1-c1cc(F)cc(F)c1. The van der Waals surface area contributed by atoms with Crippen LogP contribution in [0.2, 0.25) is 5.02 Å². The molecular formula is C15H15ClF2N4O2. The largest absolute Gasteiger partial charge is 0.394 e. The minimum absolute atomic E-state index is 0.0510. The van der Waals surface area contributed by atoms with Gasteiger partial charge in [0.05, 0.1) is 30.2 Å². The number of aliphatic hydroxyl groups is 1. The maximum atomic E-state index is 13.4. The van der Waals surface area contributed by atoms with Gasteiger partial charge >= 0.3 is 0 Å². The van der Waals surface area contributed by atoms with E-state index in [1.54, 1.807) is 4.90 Å². The molecule has 0 bridgehead atoms. The molecule has 0 spiro atoms. The maximum Gasteiger partial charge on any atom is 0.292 e. The van der Waals surface area contributed by atoms with E-state index in [-0.39, 0.29) is 23.4 Å². The first-order chi connectivity index (χ1) is 11.5. The molecule has 1 fully saturated rings. The summed E-state index contributed by atoms with van der Waals surface area (Å²) in [6, 6.07) is 2.46. The average Bonchev–Trinajstić information content (AvgIpc) is 2.56. The highest BCUT2D eigenvalue weighted by atomic mass is 35.5. The second-order valence-electron chi connectivity index (χ2n) is 5.42. The summed E-state index contributed by atoms with van der Waals surface area (Å²) in [4.78, 5) is 14.3. The number of hydrogen-bond acceptors (Lipinski definition) is 5. The van der Waals surface area contributed by atoms with E-state index >= 15 is 0 Å². The van der Waals surface area contributed by atoms with Crippen molar-refractivity contribution in [1.82, 2.24) is 15.1 Å². The van der Waals surface area contributed by atoms with Crippen molar-refractivity contribution >= 4 is 17.3 Å². The summed E-state index contributed by atoms with van der Waals surface area (Å²) in [7, 11) is 0. The van der Waals surface area contributed by atoms with Gasteiger partial charge in [-0.2, -0.15) is 9.78 Å². The molecule has 1 saturated heterocycles. The molecule has 1 atom stereocenters. The summed E-state index contributed by atoms with van der Waals surface area (Å²) < 4.78 is 27.5. The van der Waals surface area contributed by atoms with Crippen molar-refractivity contribution in [3.8, 4) is 5.69 Å². The van der Waals surface area contributed by atoms with Gasteiger partial charge in [-0.05, 0) is 12.1 Å². The van der Waals surface area contributed by atoms with Crippen molar-refractivity contribution in [2.75, 3.05) is 31.1 Å². The second kappa shape index (κ2) is 6.84. The van der Waals surface area contributed by atoms with E-state index in [1.165, 1.54) is 6.20 Å². The zero-order valence-electron chi connectivity index (χ0n) is 12.5. The number of nitrogens with one attached hydrogen (secondary N) is 1. The van der Waals surface area contributed by atoms with E-state index < -0.39 is 17.2 Å². The van der Waals surface area contributed by atoms with E-state index in [1.807, 2.05) is 0 Å². The van der Waals surface area contributed by atoms with E-state index in [9.17, 15) is 18.7 Å². The summed E-state index contributed by atoms with van der Waals surface area (Å²) in [6.07, 6.45) is 1.36. The van der Waals surface area contributed by atoms with Gasteiger partial charge in [-0.15, -0.1) is 0 Å². The van der Waals surface area contributed by atoms with Crippen molar-refractivity contribution in [3.63, 3.8) is 0 Å². The number of benzene rings is 1. The van der Waals surface area contributed by atoms with Gasteiger partial charge in [0.25, 0.3) is 5.56 Å². The minimum atomic E-state index is -0.818. The van der Waals surface area contributed by atoms with Crippen LogP contribution in [0.15, 0.2) is 29.2 Å². The smallest absolute Gasteiger partial charge is 0.292 e. The first-order valence-corrected chi connectivity index (χ1v) is 7.71. The number of piperazine rings is 1. The third-order valence-corrected chi connectivity index (χ3v) is 4.22. The zero-order valence-corrected chi connectivity index (χ0v) is 13.3. The van der Waals surface area contributed by atoms with Crippen LogP contribution in [-0.2, 0) is 0 Å². The van der Waals surface area contributed by atoms with Crippen LogP contribution in [0.5, 0.6) is 0 Å². The van der Waals surface area contributed by atoms with Gasteiger partial charge < -0.3 is 15.3 Å². The average molecular weight is 357 g/mol. The first kappa shape index (κ1) is 16.8. The molecule has 1 aromatic heterocycles. The van der Waals surface area contributed by atoms with Gasteiger partial charge in [0, 0.05) is 25.7 Å². The van der Waals surface area contributed by atoms with Crippen LogP contribution >= 0.6 is 11.6 Å². The topological polar surface area (TPSA) is 70.4 Å². The number of hydrogen-bond donors (Lipinski definition) is 2. The van der Waals surface area contributed by atoms with E-state index in [0.29, 0.717) is 31.4 Å². The highest BCUT2D eigenvalue weighted by Gasteiger charge is 2.25. The quantitative estimate of drug-likeness (QED) is 0.856. The molecule has 9 heteroatoms. The molecular weight excluding hydrogens is 342 g/mol. The molecule has 24 heavy (non-hydrogen) atoms. The third kappa shape index (κ3) is 3.12. The Morgan fingerprint density at radius 2 is 2.04 bits per heavy atom. The lowest BCUT2D eigenvalue weighted by atomic mass is 10.2. The van der Waals surface area contributed by atoms with Crippen molar-refractivity contribution in [1.29, 1.82) is 0 Å². The number of anilines is 1. The van der Waals surface area contributed by atoms with Crippen LogP contribution in [0.1, 0.15) is 0 Å². The van der Waals surface area contributed by atoms with Crippen molar-refractivity contribution in [3.05, 3.63) is 51.4 Å². The molecule has 6 nitrogen and oxygen atoms in total. The Bertz CT molecular complexity index is 794. The van der Waals surface area contributed by atoms with Crippen LogP contribution in [0.4, 0.5) is 14.5 Å². The highest BCUT2D eigenvalue weighted by Crippen LogP contribution is 2.24. The van der Waals surface area contributed by atoms with Crippen molar-refractivity contribution < 1.29 is 13.9 Å². The molecule has 2 N–H and O–H groups in total. The number of halogens is 3. The van der Waals surface area contributed by atoms with E-state index in [4.69, 9.17) is 11.6 Å². The van der Waals surface area contributed by atoms with E-state index in [2.05, 4.69) is 10.4 Å². The van der Waals surface area contributed by atoms with Crippen LogP contribution in [0.3, 0.4) is 0 Å². The van der Waals surface area contributed by atoms with Crippen molar-refractivity contribution in [2.24, 2.45) is 0 Å². The van der Waals surface area contributed by atoms with Gasteiger partial charge in [0.15, 0.2) is 0 Å². The first-order valence-electron chi connectivity index (χ1n) is 7.34. The molecule has 0 radical (unpaired) electrons. The van der Waals surface area contributed by atoms with Crippen LogP contribution in [0.25, 0.3) is 5.69 Å². The fourth-order valence-electron chi connectivity index (χ4n) is 2.71. The molecule has 2 heterocycles. The molecule has 128 valence electrons. The summed E-state index contributed by atoms with van der Waals surface area (Å²) in [5, 5.41) is 16.5. The Morgan fingerprint density at radius 1 is 1.33 bits per heavy atom. The highest BCUT2D eigenvalue weighted by molar-refractivity contribution is 6.33. The summed E-state index contributed by atoms with van der Waals surface area (Å²) in [6.45, 7) is 1.65. The summed E-state index contributed by atoms with van der Waals surface area (Å²) >= 11 is 6.18. The van der Waals surface area contributed by atoms with Gasteiger partial charge in [-0.3, -0.25) is 4.79 Å². The molecule has 1 aliphatic rings. The molecule has 0 amide bonds. The molecule has 3 rings (SSSR count). The number of aromatic nitrogens is 2. The fourth-order valence-corrected chi connectivity index (χ4v) is 2.95. The minimum Gasteiger partial charge on any atom is -0.394 e. The predicted octanol–water partition coefficient (Wildman–Crippen LogP) is 0.935.